The number of unbranched alkanes of at least 4 members (excludes halogenated alkanes) is 1. The van der Waals surface area contributed by atoms with Crippen LogP contribution in [0.25, 0.3) is 5.57 Å². The summed E-state index contributed by atoms with van der Waals surface area (Å²) in [7, 11) is 4.67. The number of methoxy groups -OCH3 is 3. The van der Waals surface area contributed by atoms with Crippen molar-refractivity contribution in [1.29, 1.82) is 0 Å². The minimum Gasteiger partial charge on any atom is -0.497 e. The Hall–Kier alpha value is -3.52. The number of anilines is 1. The van der Waals surface area contributed by atoms with Crippen molar-refractivity contribution in [2.45, 2.75) is 26.2 Å². The maximum atomic E-state index is 13.4. The van der Waals surface area contributed by atoms with E-state index >= 15 is 0 Å². The Labute approximate surface area is 200 Å². The Morgan fingerprint density at radius 1 is 0.824 bits per heavy atom. The number of ether oxygens (including phenoxy) is 4. The second-order valence-electron chi connectivity index (χ2n) is 7.75. The molecule has 1 aliphatic heterocycles. The molecular weight excluding hydrogens is 436 g/mol. The Morgan fingerprint density at radius 3 is 2.18 bits per heavy atom. The highest BCUT2D eigenvalue weighted by Crippen LogP contribution is 2.34. The molecule has 0 saturated heterocycles. The molecule has 2 amide bonds. The number of hydrogen-bond acceptors (Lipinski definition) is 7. The van der Waals surface area contributed by atoms with Crippen LogP contribution in [0.1, 0.15) is 31.7 Å². The molecule has 1 heterocycles. The summed E-state index contributed by atoms with van der Waals surface area (Å²) in [5, 5.41) is 3.14. The van der Waals surface area contributed by atoms with Crippen molar-refractivity contribution in [2.75, 3.05) is 46.4 Å². The van der Waals surface area contributed by atoms with Gasteiger partial charge in [0, 0.05) is 31.5 Å². The quantitative estimate of drug-likeness (QED) is 0.350. The minimum atomic E-state index is -0.376. The first-order valence-electron chi connectivity index (χ1n) is 11.4. The van der Waals surface area contributed by atoms with Gasteiger partial charge in [0.1, 0.15) is 11.4 Å². The molecule has 0 aromatic heterocycles. The summed E-state index contributed by atoms with van der Waals surface area (Å²) in [5.74, 6) is 1.02. The molecule has 1 aliphatic rings. The summed E-state index contributed by atoms with van der Waals surface area (Å²) < 4.78 is 21.5. The van der Waals surface area contributed by atoms with Crippen LogP contribution in [0.3, 0.4) is 0 Å². The maximum absolute atomic E-state index is 13.4. The molecule has 8 nitrogen and oxygen atoms in total. The molecule has 8 heteroatoms. The first-order valence-corrected chi connectivity index (χ1v) is 11.4. The molecular formula is C26H32N2O6. The fourth-order valence-corrected chi connectivity index (χ4v) is 3.65. The van der Waals surface area contributed by atoms with Gasteiger partial charge in [0.25, 0.3) is 11.8 Å². The van der Waals surface area contributed by atoms with E-state index in [4.69, 9.17) is 18.9 Å². The van der Waals surface area contributed by atoms with Crippen molar-refractivity contribution >= 4 is 23.1 Å². The molecule has 182 valence electrons. The number of hydrogen-bond donors (Lipinski definition) is 1. The zero-order chi connectivity index (χ0) is 24.5. The van der Waals surface area contributed by atoms with Crippen molar-refractivity contribution in [1.82, 2.24) is 4.90 Å². The third-order valence-electron chi connectivity index (χ3n) is 5.51. The van der Waals surface area contributed by atoms with Gasteiger partial charge in [0.15, 0.2) is 11.5 Å². The smallest absolute Gasteiger partial charge is 0.278 e. The molecule has 1 N–H and O–H groups in total. The highest BCUT2D eigenvalue weighted by atomic mass is 16.5. The lowest BCUT2D eigenvalue weighted by atomic mass is 10.0. The number of carbonyl (C=O) groups excluding carboxylic acids is 2. The zero-order valence-corrected chi connectivity index (χ0v) is 20.2. The van der Waals surface area contributed by atoms with E-state index in [1.165, 1.54) is 12.0 Å². The predicted octanol–water partition coefficient (Wildman–Crippen LogP) is 4.11. The summed E-state index contributed by atoms with van der Waals surface area (Å²) in [6.45, 7) is 3.55. The van der Waals surface area contributed by atoms with Gasteiger partial charge in [-0.25, -0.2) is 0 Å². The van der Waals surface area contributed by atoms with Gasteiger partial charge < -0.3 is 24.3 Å². The molecule has 0 aliphatic carbocycles. The molecule has 3 rings (SSSR count). The van der Waals surface area contributed by atoms with Crippen LogP contribution in [0.2, 0.25) is 0 Å². The molecule has 34 heavy (non-hydrogen) atoms. The van der Waals surface area contributed by atoms with E-state index in [1.807, 2.05) is 0 Å². The molecule has 0 radical (unpaired) electrons. The number of rotatable bonds is 13. The summed E-state index contributed by atoms with van der Waals surface area (Å²) in [4.78, 5) is 28.0. The molecule has 2 aromatic carbocycles. The highest BCUT2D eigenvalue weighted by molar-refractivity contribution is 6.36. The van der Waals surface area contributed by atoms with Crippen molar-refractivity contribution in [3.8, 4) is 17.2 Å². The van der Waals surface area contributed by atoms with Crippen LogP contribution in [0.5, 0.6) is 17.2 Å². The largest absolute Gasteiger partial charge is 0.497 e. The van der Waals surface area contributed by atoms with Crippen LogP contribution in [0.15, 0.2) is 48.2 Å². The van der Waals surface area contributed by atoms with Gasteiger partial charge in [0.2, 0.25) is 0 Å². The van der Waals surface area contributed by atoms with Crippen molar-refractivity contribution in [3.63, 3.8) is 0 Å². The number of amides is 2. The normalized spacial score (nSPS) is 13.5. The second kappa shape index (κ2) is 12.1. The first kappa shape index (κ1) is 25.1. The van der Waals surface area contributed by atoms with Crippen LogP contribution in [-0.2, 0) is 14.3 Å². The van der Waals surface area contributed by atoms with Gasteiger partial charge in [0.05, 0.1) is 26.9 Å². The number of carbonyl (C=O) groups is 2. The number of nitrogens with one attached hydrogen (secondary N) is 1. The highest BCUT2D eigenvalue weighted by Gasteiger charge is 2.39. The van der Waals surface area contributed by atoms with E-state index in [1.54, 1.807) is 56.7 Å². The van der Waals surface area contributed by atoms with E-state index in [9.17, 15) is 9.59 Å². The van der Waals surface area contributed by atoms with Crippen molar-refractivity contribution in [2.24, 2.45) is 0 Å². The third-order valence-corrected chi connectivity index (χ3v) is 5.51. The van der Waals surface area contributed by atoms with Gasteiger partial charge in [-0.1, -0.05) is 25.5 Å². The van der Waals surface area contributed by atoms with Crippen molar-refractivity contribution in [3.05, 3.63) is 53.7 Å². The summed E-state index contributed by atoms with van der Waals surface area (Å²) in [6, 6.07) is 12.3. The lowest BCUT2D eigenvalue weighted by Gasteiger charge is -2.15. The Balaban J connectivity index is 1.87. The fourth-order valence-electron chi connectivity index (χ4n) is 3.65. The van der Waals surface area contributed by atoms with Gasteiger partial charge in [-0.05, 0) is 42.7 Å². The Morgan fingerprint density at radius 2 is 1.53 bits per heavy atom. The Bertz CT molecular complexity index is 1030. The topological polar surface area (TPSA) is 86.3 Å². The standard InChI is InChI=1S/C26H32N2O6/c1-5-6-15-34-16-7-14-28-25(29)23(18-8-11-20(31-2)12-9-18)24(26(28)30)27-19-10-13-21(32-3)22(17-19)33-4/h8-13,17,27H,5-7,14-16H2,1-4H3. The van der Waals surface area contributed by atoms with Crippen molar-refractivity contribution < 1.29 is 28.5 Å². The van der Waals surface area contributed by atoms with E-state index in [0.29, 0.717) is 53.7 Å². The third kappa shape index (κ3) is 5.69. The van der Waals surface area contributed by atoms with Gasteiger partial charge in [-0.2, -0.15) is 0 Å². The van der Waals surface area contributed by atoms with E-state index in [2.05, 4.69) is 12.2 Å². The molecule has 0 fully saturated rings. The number of imide groups is 1. The monoisotopic (exact) mass is 468 g/mol. The molecule has 0 atom stereocenters. The summed E-state index contributed by atoms with van der Waals surface area (Å²) >= 11 is 0. The zero-order valence-electron chi connectivity index (χ0n) is 20.2. The van der Waals surface area contributed by atoms with Gasteiger partial charge in [-0.3, -0.25) is 14.5 Å². The summed E-state index contributed by atoms with van der Waals surface area (Å²) in [5.41, 5.74) is 1.76. The van der Waals surface area contributed by atoms with Crippen LogP contribution < -0.4 is 19.5 Å². The van der Waals surface area contributed by atoms with Crippen LogP contribution in [0.4, 0.5) is 5.69 Å². The van der Waals surface area contributed by atoms with Gasteiger partial charge >= 0.3 is 0 Å². The van der Waals surface area contributed by atoms with E-state index < -0.39 is 0 Å². The van der Waals surface area contributed by atoms with Gasteiger partial charge in [-0.15, -0.1) is 0 Å². The van der Waals surface area contributed by atoms with Crippen LogP contribution in [0, 0.1) is 0 Å². The Kier molecular flexibility index (Phi) is 8.93. The number of nitrogens with zero attached hydrogens (tertiary/aromatic N) is 1. The first-order chi connectivity index (χ1) is 16.5. The average molecular weight is 469 g/mol. The average Bonchev–Trinajstić information content (AvgIpc) is 3.09. The predicted molar refractivity (Wildman–Crippen MR) is 130 cm³/mol. The van der Waals surface area contributed by atoms with E-state index in [-0.39, 0.29) is 24.1 Å². The van der Waals surface area contributed by atoms with Crippen LogP contribution >= 0.6 is 0 Å². The maximum Gasteiger partial charge on any atom is 0.278 e. The fraction of sp³-hybridized carbons (Fsp3) is 0.385. The number of benzene rings is 2. The molecule has 0 spiro atoms. The van der Waals surface area contributed by atoms with Crippen LogP contribution in [-0.4, -0.2) is 57.8 Å². The molecule has 0 unspecified atom stereocenters. The lowest BCUT2D eigenvalue weighted by molar-refractivity contribution is -0.137. The summed E-state index contributed by atoms with van der Waals surface area (Å²) in [6.07, 6.45) is 2.62. The van der Waals surface area contributed by atoms with E-state index in [0.717, 1.165) is 12.8 Å². The molecule has 0 saturated carbocycles. The molecule has 0 bridgehead atoms. The molecule has 2 aromatic rings. The minimum absolute atomic E-state index is 0.217. The second-order valence-corrected chi connectivity index (χ2v) is 7.75. The SMILES string of the molecule is CCCCOCCCN1C(=O)C(Nc2ccc(OC)c(OC)c2)=C(c2ccc(OC)cc2)C1=O. The lowest BCUT2D eigenvalue weighted by Crippen LogP contribution is -2.34.